The van der Waals surface area contributed by atoms with E-state index >= 15 is 0 Å². The van der Waals surface area contributed by atoms with Crippen molar-refractivity contribution in [2.24, 2.45) is 0 Å². The third-order valence-electron chi connectivity index (χ3n) is 12.0. The van der Waals surface area contributed by atoms with Crippen molar-refractivity contribution >= 4 is 17.9 Å². The summed E-state index contributed by atoms with van der Waals surface area (Å²) >= 11 is 0. The summed E-state index contributed by atoms with van der Waals surface area (Å²) < 4.78 is 16.8. The summed E-state index contributed by atoms with van der Waals surface area (Å²) in [5.74, 6) is -0.871. The third kappa shape index (κ3) is 47.2. The Morgan fingerprint density at radius 1 is 0.317 bits per heavy atom. The lowest BCUT2D eigenvalue weighted by atomic mass is 10.0. The summed E-state index contributed by atoms with van der Waals surface area (Å²) in [5.41, 5.74) is 0. The number of hydrogen-bond donors (Lipinski definition) is 0. The summed E-state index contributed by atoms with van der Waals surface area (Å²) in [5, 5.41) is 0. The first-order valence-electron chi connectivity index (χ1n) is 26.7. The van der Waals surface area contributed by atoms with Gasteiger partial charge in [-0.1, -0.05) is 245 Å². The van der Waals surface area contributed by atoms with E-state index in [0.29, 0.717) is 19.3 Å². The Hall–Kier alpha value is -1.85. The molecule has 0 spiro atoms. The van der Waals surface area contributed by atoms with Gasteiger partial charge in [0.1, 0.15) is 13.2 Å². The molecule has 60 heavy (non-hydrogen) atoms. The molecule has 0 saturated carbocycles. The molecule has 1 atom stereocenters. The molecule has 0 bridgehead atoms. The van der Waals surface area contributed by atoms with Gasteiger partial charge in [-0.05, 0) is 44.9 Å². The molecule has 0 radical (unpaired) electrons. The van der Waals surface area contributed by atoms with Crippen molar-refractivity contribution < 1.29 is 28.6 Å². The van der Waals surface area contributed by atoms with E-state index in [1.165, 1.54) is 186 Å². The minimum atomic E-state index is -0.770. The van der Waals surface area contributed by atoms with Crippen LogP contribution in [0.4, 0.5) is 0 Å². The predicted molar refractivity (Wildman–Crippen MR) is 256 cm³/mol. The van der Waals surface area contributed by atoms with E-state index in [0.717, 1.165) is 70.6 Å². The number of hydrogen-bond acceptors (Lipinski definition) is 6. The highest BCUT2D eigenvalue weighted by molar-refractivity contribution is 5.71. The highest BCUT2D eigenvalue weighted by Crippen LogP contribution is 2.16. The maximum absolute atomic E-state index is 12.8. The standard InChI is InChI=1S/C54H102O6/c1-4-7-10-13-16-19-22-24-25-26-27-28-29-31-32-35-38-41-44-47-53(56)59-50-51(49-58-52(55)46-43-40-37-34-21-18-15-12-9-6-3)60-54(57)48-45-42-39-36-33-30-23-20-17-14-11-8-5-2/h30,33,51H,4-29,31-32,34-50H2,1-3H3/b33-30-. The van der Waals surface area contributed by atoms with Crippen LogP contribution >= 0.6 is 0 Å². The zero-order valence-electron chi connectivity index (χ0n) is 40.5. The van der Waals surface area contributed by atoms with Crippen molar-refractivity contribution in [3.8, 4) is 0 Å². The van der Waals surface area contributed by atoms with Gasteiger partial charge in [0.05, 0.1) is 0 Å². The summed E-state index contributed by atoms with van der Waals surface area (Å²) in [6.45, 7) is 6.64. The topological polar surface area (TPSA) is 78.9 Å². The van der Waals surface area contributed by atoms with Gasteiger partial charge in [0, 0.05) is 19.3 Å². The van der Waals surface area contributed by atoms with E-state index in [1.54, 1.807) is 0 Å². The Balaban J connectivity index is 4.25. The first kappa shape index (κ1) is 58.1. The van der Waals surface area contributed by atoms with E-state index in [9.17, 15) is 14.4 Å². The second kappa shape index (κ2) is 49.8. The summed E-state index contributed by atoms with van der Waals surface area (Å²) in [7, 11) is 0. The Morgan fingerprint density at radius 3 is 0.850 bits per heavy atom. The number of esters is 3. The molecule has 0 aromatic carbocycles. The van der Waals surface area contributed by atoms with Gasteiger partial charge in [-0.15, -0.1) is 0 Å². The van der Waals surface area contributed by atoms with Crippen LogP contribution in [0, 0.1) is 0 Å². The van der Waals surface area contributed by atoms with Gasteiger partial charge in [-0.2, -0.15) is 0 Å². The van der Waals surface area contributed by atoms with Gasteiger partial charge >= 0.3 is 17.9 Å². The zero-order valence-corrected chi connectivity index (χ0v) is 40.5. The number of carbonyl (C=O) groups excluding carboxylic acids is 3. The van der Waals surface area contributed by atoms with Crippen molar-refractivity contribution in [2.75, 3.05) is 13.2 Å². The van der Waals surface area contributed by atoms with Crippen LogP contribution in [0.5, 0.6) is 0 Å². The predicted octanol–water partition coefficient (Wildman–Crippen LogP) is 17.4. The molecule has 0 aliphatic rings. The van der Waals surface area contributed by atoms with Crippen LogP contribution in [0.2, 0.25) is 0 Å². The Labute approximate surface area is 373 Å². The van der Waals surface area contributed by atoms with E-state index < -0.39 is 6.10 Å². The largest absolute Gasteiger partial charge is 0.462 e. The normalized spacial score (nSPS) is 12.0. The van der Waals surface area contributed by atoms with Crippen LogP contribution in [0.3, 0.4) is 0 Å². The molecule has 354 valence electrons. The molecular weight excluding hydrogens is 745 g/mol. The Morgan fingerprint density at radius 2 is 0.550 bits per heavy atom. The summed E-state index contributed by atoms with van der Waals surface area (Å²) in [6.07, 6.45) is 54.9. The molecule has 0 aromatic heterocycles. The molecular formula is C54H102O6. The number of rotatable bonds is 49. The summed E-state index contributed by atoms with van der Waals surface area (Å²) in [4.78, 5) is 37.9. The molecule has 0 rings (SSSR count). The number of carbonyl (C=O) groups is 3. The Kier molecular flexibility index (Phi) is 48.3. The lowest BCUT2D eigenvalue weighted by Gasteiger charge is -2.18. The molecule has 6 nitrogen and oxygen atoms in total. The van der Waals surface area contributed by atoms with Crippen molar-refractivity contribution in [1.82, 2.24) is 0 Å². The monoisotopic (exact) mass is 847 g/mol. The van der Waals surface area contributed by atoms with Crippen LogP contribution in [0.25, 0.3) is 0 Å². The molecule has 0 fully saturated rings. The van der Waals surface area contributed by atoms with Gasteiger partial charge in [0.15, 0.2) is 6.10 Å². The summed E-state index contributed by atoms with van der Waals surface area (Å²) in [6, 6.07) is 0. The molecule has 6 heteroatoms. The zero-order chi connectivity index (χ0) is 43.7. The first-order valence-corrected chi connectivity index (χ1v) is 26.7. The highest BCUT2D eigenvalue weighted by Gasteiger charge is 2.19. The molecule has 0 aliphatic carbocycles. The van der Waals surface area contributed by atoms with E-state index in [-0.39, 0.29) is 31.1 Å². The molecule has 1 unspecified atom stereocenters. The average molecular weight is 847 g/mol. The van der Waals surface area contributed by atoms with Gasteiger partial charge in [0.25, 0.3) is 0 Å². The lowest BCUT2D eigenvalue weighted by molar-refractivity contribution is -0.167. The van der Waals surface area contributed by atoms with Crippen molar-refractivity contribution in [1.29, 1.82) is 0 Å². The van der Waals surface area contributed by atoms with Crippen molar-refractivity contribution in [3.05, 3.63) is 12.2 Å². The highest BCUT2D eigenvalue weighted by atomic mass is 16.6. The van der Waals surface area contributed by atoms with Gasteiger partial charge in [0.2, 0.25) is 0 Å². The molecule has 0 aliphatic heterocycles. The van der Waals surface area contributed by atoms with E-state index in [1.807, 2.05) is 0 Å². The van der Waals surface area contributed by atoms with Crippen LogP contribution in [-0.4, -0.2) is 37.2 Å². The molecule has 0 saturated heterocycles. The fourth-order valence-corrected chi connectivity index (χ4v) is 7.97. The van der Waals surface area contributed by atoms with Crippen LogP contribution < -0.4 is 0 Å². The van der Waals surface area contributed by atoms with E-state index in [4.69, 9.17) is 14.2 Å². The van der Waals surface area contributed by atoms with E-state index in [2.05, 4.69) is 32.9 Å². The second-order valence-corrected chi connectivity index (χ2v) is 18.2. The molecule has 0 N–H and O–H groups in total. The first-order chi connectivity index (χ1) is 29.5. The van der Waals surface area contributed by atoms with Gasteiger partial charge in [-0.3, -0.25) is 14.4 Å². The van der Waals surface area contributed by atoms with Crippen LogP contribution in [-0.2, 0) is 28.6 Å². The Bertz CT molecular complexity index is 931. The smallest absolute Gasteiger partial charge is 0.306 e. The fraction of sp³-hybridized carbons (Fsp3) is 0.907. The molecule has 0 amide bonds. The number of allylic oxidation sites excluding steroid dienone is 2. The molecule has 0 aromatic rings. The second-order valence-electron chi connectivity index (χ2n) is 18.2. The fourth-order valence-electron chi connectivity index (χ4n) is 7.97. The quantitative estimate of drug-likeness (QED) is 0.0263. The maximum Gasteiger partial charge on any atom is 0.306 e. The van der Waals surface area contributed by atoms with Gasteiger partial charge < -0.3 is 14.2 Å². The maximum atomic E-state index is 12.8. The van der Waals surface area contributed by atoms with Crippen LogP contribution in [0.15, 0.2) is 12.2 Å². The SMILES string of the molecule is CCCCCCCC/C=C\CCCCCC(=O)OC(COC(=O)CCCCCCCCCCCC)COC(=O)CCCCCCCCCCCCCCCCCCCCC. The average Bonchev–Trinajstić information content (AvgIpc) is 3.24. The van der Waals surface area contributed by atoms with Crippen LogP contribution in [0.1, 0.15) is 297 Å². The third-order valence-corrected chi connectivity index (χ3v) is 12.0. The number of unbranched alkanes of at least 4 members (excludes halogenated alkanes) is 36. The minimum Gasteiger partial charge on any atom is -0.462 e. The van der Waals surface area contributed by atoms with Gasteiger partial charge in [-0.25, -0.2) is 0 Å². The number of ether oxygens (including phenoxy) is 3. The van der Waals surface area contributed by atoms with Crippen molar-refractivity contribution in [2.45, 2.75) is 303 Å². The van der Waals surface area contributed by atoms with Crippen molar-refractivity contribution in [3.63, 3.8) is 0 Å². The lowest BCUT2D eigenvalue weighted by Crippen LogP contribution is -2.30. The minimum absolute atomic E-state index is 0.0708. The molecule has 0 heterocycles.